The molecule has 3 rings (SSSR count). The third kappa shape index (κ3) is 2.42. The Balaban J connectivity index is 2.09. The lowest BCUT2D eigenvalue weighted by Crippen LogP contribution is -2.31. The molecule has 0 aliphatic carbocycles. The molecule has 1 saturated heterocycles. The van der Waals surface area contributed by atoms with Crippen LogP contribution < -0.4 is 5.32 Å². The van der Waals surface area contributed by atoms with Crippen LogP contribution in [0.4, 0.5) is 0 Å². The van der Waals surface area contributed by atoms with Crippen molar-refractivity contribution in [1.82, 2.24) is 5.32 Å². The summed E-state index contributed by atoms with van der Waals surface area (Å²) >= 11 is 0. The molecule has 0 aromatic heterocycles. The maximum Gasteiger partial charge on any atom is 0.119 e. The summed E-state index contributed by atoms with van der Waals surface area (Å²) in [5.74, 6) is 0. The fourth-order valence-electron chi connectivity index (χ4n) is 2.80. The second-order valence-corrected chi connectivity index (χ2v) is 4.91. The first kappa shape index (κ1) is 12.4. The molecule has 0 amide bonds. The Kier molecular flexibility index (Phi) is 3.62. The van der Waals surface area contributed by atoms with Crippen LogP contribution in [0.3, 0.4) is 0 Å². The van der Waals surface area contributed by atoms with Gasteiger partial charge in [0, 0.05) is 6.54 Å². The highest BCUT2D eigenvalue weighted by molar-refractivity contribution is 5.36. The van der Waals surface area contributed by atoms with Gasteiger partial charge in [0.05, 0.1) is 6.61 Å². The Labute approximate surface area is 114 Å². The SMILES string of the molecule is c1ccc(C2(c3ccccc3)CCNCCO2)cc1. The van der Waals surface area contributed by atoms with Crippen molar-refractivity contribution < 1.29 is 4.74 Å². The molecule has 2 nitrogen and oxygen atoms in total. The average molecular weight is 253 g/mol. The molecule has 2 aromatic rings. The van der Waals surface area contributed by atoms with Gasteiger partial charge in [-0.25, -0.2) is 0 Å². The smallest absolute Gasteiger partial charge is 0.119 e. The van der Waals surface area contributed by atoms with E-state index in [9.17, 15) is 0 Å². The van der Waals surface area contributed by atoms with Gasteiger partial charge in [0.2, 0.25) is 0 Å². The lowest BCUT2D eigenvalue weighted by Gasteiger charge is -2.33. The molecule has 0 radical (unpaired) electrons. The Morgan fingerprint density at radius 1 is 0.789 bits per heavy atom. The molecule has 0 atom stereocenters. The van der Waals surface area contributed by atoms with Crippen molar-refractivity contribution in [3.8, 4) is 0 Å². The molecule has 0 unspecified atom stereocenters. The normalized spacial score (nSPS) is 18.7. The summed E-state index contributed by atoms with van der Waals surface area (Å²) < 4.78 is 6.30. The molecule has 2 aromatic carbocycles. The van der Waals surface area contributed by atoms with Crippen LogP contribution in [-0.4, -0.2) is 19.7 Å². The van der Waals surface area contributed by atoms with Gasteiger partial charge in [-0.1, -0.05) is 60.7 Å². The Bertz CT molecular complexity index is 460. The average Bonchev–Trinajstić information content (AvgIpc) is 2.76. The topological polar surface area (TPSA) is 21.3 Å². The van der Waals surface area contributed by atoms with Crippen LogP contribution in [0.25, 0.3) is 0 Å². The lowest BCUT2D eigenvalue weighted by molar-refractivity contribution is -0.00933. The molecule has 2 heteroatoms. The molecule has 0 saturated carbocycles. The Hall–Kier alpha value is -1.64. The summed E-state index contributed by atoms with van der Waals surface area (Å²) in [6, 6.07) is 21.1. The highest BCUT2D eigenvalue weighted by Crippen LogP contribution is 2.37. The second-order valence-electron chi connectivity index (χ2n) is 4.91. The van der Waals surface area contributed by atoms with E-state index in [0.717, 1.165) is 26.1 Å². The van der Waals surface area contributed by atoms with Gasteiger partial charge in [0.1, 0.15) is 5.60 Å². The van der Waals surface area contributed by atoms with E-state index in [1.165, 1.54) is 11.1 Å². The summed E-state index contributed by atoms with van der Waals surface area (Å²) in [6.07, 6.45) is 0.959. The van der Waals surface area contributed by atoms with Crippen molar-refractivity contribution in [3.05, 3.63) is 71.8 Å². The zero-order chi connectivity index (χ0) is 13.0. The predicted molar refractivity (Wildman–Crippen MR) is 77.1 cm³/mol. The van der Waals surface area contributed by atoms with E-state index in [0.29, 0.717) is 0 Å². The van der Waals surface area contributed by atoms with Gasteiger partial charge in [0.25, 0.3) is 0 Å². The summed E-state index contributed by atoms with van der Waals surface area (Å²) in [6.45, 7) is 2.63. The maximum atomic E-state index is 6.30. The first-order chi connectivity index (χ1) is 9.42. The van der Waals surface area contributed by atoms with Gasteiger partial charge in [-0.2, -0.15) is 0 Å². The molecule has 98 valence electrons. The Morgan fingerprint density at radius 3 is 1.95 bits per heavy atom. The van der Waals surface area contributed by atoms with Crippen LogP contribution in [0.2, 0.25) is 0 Å². The number of nitrogens with one attached hydrogen (secondary N) is 1. The fourth-order valence-corrected chi connectivity index (χ4v) is 2.80. The number of ether oxygens (including phenoxy) is 1. The van der Waals surface area contributed by atoms with Gasteiger partial charge < -0.3 is 10.1 Å². The van der Waals surface area contributed by atoms with Gasteiger partial charge in [-0.3, -0.25) is 0 Å². The van der Waals surface area contributed by atoms with Crippen molar-refractivity contribution in [3.63, 3.8) is 0 Å². The molecule has 1 N–H and O–H groups in total. The van der Waals surface area contributed by atoms with Crippen molar-refractivity contribution in [2.24, 2.45) is 0 Å². The number of rotatable bonds is 2. The minimum Gasteiger partial charge on any atom is -0.364 e. The van der Waals surface area contributed by atoms with Gasteiger partial charge in [-0.15, -0.1) is 0 Å². The van der Waals surface area contributed by atoms with E-state index in [-0.39, 0.29) is 5.60 Å². The van der Waals surface area contributed by atoms with Crippen LogP contribution in [0.5, 0.6) is 0 Å². The van der Waals surface area contributed by atoms with Crippen molar-refractivity contribution in [2.75, 3.05) is 19.7 Å². The highest BCUT2D eigenvalue weighted by Gasteiger charge is 2.35. The number of hydrogen-bond acceptors (Lipinski definition) is 2. The van der Waals surface area contributed by atoms with E-state index in [4.69, 9.17) is 4.74 Å². The largest absolute Gasteiger partial charge is 0.364 e. The molecule has 1 fully saturated rings. The third-order valence-electron chi connectivity index (χ3n) is 3.76. The van der Waals surface area contributed by atoms with Gasteiger partial charge in [0.15, 0.2) is 0 Å². The van der Waals surface area contributed by atoms with E-state index in [2.05, 4.69) is 66.0 Å². The van der Waals surface area contributed by atoms with E-state index < -0.39 is 0 Å². The number of hydrogen-bond donors (Lipinski definition) is 1. The highest BCUT2D eigenvalue weighted by atomic mass is 16.5. The first-order valence-electron chi connectivity index (χ1n) is 6.87. The second kappa shape index (κ2) is 5.55. The monoisotopic (exact) mass is 253 g/mol. The first-order valence-corrected chi connectivity index (χ1v) is 6.87. The summed E-state index contributed by atoms with van der Waals surface area (Å²) in [5, 5.41) is 3.42. The molecular weight excluding hydrogens is 234 g/mol. The van der Waals surface area contributed by atoms with Crippen LogP contribution in [0.15, 0.2) is 60.7 Å². The minimum absolute atomic E-state index is 0.313. The lowest BCUT2D eigenvalue weighted by atomic mass is 9.83. The standard InChI is InChI=1S/C17H19NO/c1-3-7-15(8-4-1)17(11-12-18-13-14-19-17)16-9-5-2-6-10-16/h1-10,18H,11-14H2. The quantitative estimate of drug-likeness (QED) is 0.888. The summed E-state index contributed by atoms with van der Waals surface area (Å²) in [7, 11) is 0. The van der Waals surface area contributed by atoms with Crippen molar-refractivity contribution in [1.29, 1.82) is 0 Å². The van der Waals surface area contributed by atoms with E-state index >= 15 is 0 Å². The van der Waals surface area contributed by atoms with E-state index in [1.807, 2.05) is 0 Å². The minimum atomic E-state index is -0.313. The predicted octanol–water partition coefficient (Wildman–Crippen LogP) is 2.94. The zero-order valence-corrected chi connectivity index (χ0v) is 11.0. The molecule has 1 aliphatic rings. The third-order valence-corrected chi connectivity index (χ3v) is 3.76. The van der Waals surface area contributed by atoms with Gasteiger partial charge >= 0.3 is 0 Å². The van der Waals surface area contributed by atoms with Crippen LogP contribution in [0.1, 0.15) is 17.5 Å². The van der Waals surface area contributed by atoms with Crippen molar-refractivity contribution >= 4 is 0 Å². The molecule has 1 heterocycles. The zero-order valence-electron chi connectivity index (χ0n) is 11.0. The van der Waals surface area contributed by atoms with Crippen LogP contribution in [-0.2, 0) is 10.3 Å². The maximum absolute atomic E-state index is 6.30. The molecular formula is C17H19NO. The summed E-state index contributed by atoms with van der Waals surface area (Å²) in [5.41, 5.74) is 2.17. The van der Waals surface area contributed by atoms with Gasteiger partial charge in [-0.05, 0) is 24.1 Å². The Morgan fingerprint density at radius 2 is 1.37 bits per heavy atom. The molecule has 0 bridgehead atoms. The fraction of sp³-hybridized carbons (Fsp3) is 0.294. The number of benzene rings is 2. The van der Waals surface area contributed by atoms with Crippen molar-refractivity contribution in [2.45, 2.75) is 12.0 Å². The van der Waals surface area contributed by atoms with Crippen LogP contribution in [0, 0.1) is 0 Å². The van der Waals surface area contributed by atoms with Crippen LogP contribution >= 0.6 is 0 Å². The molecule has 0 spiro atoms. The summed E-state index contributed by atoms with van der Waals surface area (Å²) in [4.78, 5) is 0. The molecule has 1 aliphatic heterocycles. The van der Waals surface area contributed by atoms with E-state index in [1.54, 1.807) is 0 Å². The molecule has 19 heavy (non-hydrogen) atoms.